The van der Waals surface area contributed by atoms with Gasteiger partial charge in [-0.25, -0.2) is 4.98 Å². The van der Waals surface area contributed by atoms with Gasteiger partial charge in [-0.15, -0.1) is 0 Å². The van der Waals surface area contributed by atoms with Crippen LogP contribution in [0.4, 0.5) is 0 Å². The summed E-state index contributed by atoms with van der Waals surface area (Å²) in [7, 11) is 1.45. The molecule has 0 bridgehead atoms. The highest BCUT2D eigenvalue weighted by molar-refractivity contribution is 5.93. The second-order valence-corrected chi connectivity index (χ2v) is 2.25. The first-order valence-electron chi connectivity index (χ1n) is 3.59. The Morgan fingerprint density at radius 2 is 2.50 bits per heavy atom. The van der Waals surface area contributed by atoms with E-state index in [1.54, 1.807) is 4.57 Å². The third-order valence-corrected chi connectivity index (χ3v) is 1.57. The number of aryl methyl sites for hydroxylation is 1. The van der Waals surface area contributed by atoms with E-state index in [9.17, 15) is 4.79 Å². The maximum absolute atomic E-state index is 10.9. The number of methoxy groups -OCH3 is 1. The Hall–Kier alpha value is -1.52. The van der Waals surface area contributed by atoms with Crippen LogP contribution in [0.15, 0.2) is 6.33 Å². The van der Waals surface area contributed by atoms with Gasteiger partial charge >= 0.3 is 0 Å². The van der Waals surface area contributed by atoms with Crippen LogP contribution in [-0.2, 0) is 6.54 Å². The molecule has 0 atom stereocenters. The van der Waals surface area contributed by atoms with E-state index in [0.717, 1.165) is 0 Å². The highest BCUT2D eigenvalue weighted by Gasteiger charge is 2.15. The number of hydrogen-bond acceptors (Lipinski definition) is 3. The Kier molecular flexibility index (Phi) is 2.32. The summed E-state index contributed by atoms with van der Waals surface area (Å²) in [4.78, 5) is 14.8. The van der Waals surface area contributed by atoms with Crippen molar-refractivity contribution in [2.75, 3.05) is 7.11 Å². The number of imidazole rings is 1. The van der Waals surface area contributed by atoms with Crippen LogP contribution in [0.1, 0.15) is 17.4 Å². The number of aromatic nitrogens is 2. The average Bonchev–Trinajstić information content (AvgIpc) is 2.46. The van der Waals surface area contributed by atoms with Gasteiger partial charge in [0.25, 0.3) is 5.91 Å². The zero-order chi connectivity index (χ0) is 9.14. The van der Waals surface area contributed by atoms with Crippen molar-refractivity contribution in [2.24, 2.45) is 5.73 Å². The third kappa shape index (κ3) is 1.25. The number of ether oxygens (including phenoxy) is 1. The van der Waals surface area contributed by atoms with Gasteiger partial charge in [-0.1, -0.05) is 0 Å². The van der Waals surface area contributed by atoms with Crippen molar-refractivity contribution in [1.29, 1.82) is 0 Å². The number of primary amides is 1. The minimum Gasteiger partial charge on any atom is -0.479 e. The van der Waals surface area contributed by atoms with E-state index in [1.807, 2.05) is 6.92 Å². The normalized spacial score (nSPS) is 9.83. The second-order valence-electron chi connectivity index (χ2n) is 2.25. The molecular formula is C7H11N3O2. The zero-order valence-electron chi connectivity index (χ0n) is 7.07. The lowest BCUT2D eigenvalue weighted by Gasteiger charge is -2.01. The Morgan fingerprint density at radius 3 is 2.92 bits per heavy atom. The van der Waals surface area contributed by atoms with E-state index >= 15 is 0 Å². The molecule has 0 aromatic carbocycles. The van der Waals surface area contributed by atoms with Crippen LogP contribution in [0, 0.1) is 0 Å². The lowest BCUT2D eigenvalue weighted by Crippen LogP contribution is -2.17. The molecule has 1 amide bonds. The molecule has 1 aromatic heterocycles. The number of hydrogen-bond donors (Lipinski definition) is 1. The average molecular weight is 169 g/mol. The first-order chi connectivity index (χ1) is 5.70. The number of nitrogens with two attached hydrogens (primary N) is 1. The van der Waals surface area contributed by atoms with Crippen molar-refractivity contribution in [1.82, 2.24) is 9.55 Å². The quantitative estimate of drug-likeness (QED) is 0.692. The van der Waals surface area contributed by atoms with E-state index in [-0.39, 0.29) is 5.88 Å². The van der Waals surface area contributed by atoms with Crippen LogP contribution >= 0.6 is 0 Å². The van der Waals surface area contributed by atoms with Crippen molar-refractivity contribution in [3.63, 3.8) is 0 Å². The highest BCUT2D eigenvalue weighted by Crippen LogP contribution is 2.14. The maximum Gasteiger partial charge on any atom is 0.271 e. The topological polar surface area (TPSA) is 70.1 Å². The molecule has 0 aliphatic rings. The summed E-state index contributed by atoms with van der Waals surface area (Å²) in [5.41, 5.74) is 5.45. The molecule has 1 heterocycles. The first kappa shape index (κ1) is 8.58. The largest absolute Gasteiger partial charge is 0.479 e. The second kappa shape index (κ2) is 3.25. The molecule has 0 saturated heterocycles. The van der Waals surface area contributed by atoms with Crippen LogP contribution in [0.3, 0.4) is 0 Å². The van der Waals surface area contributed by atoms with Gasteiger partial charge in [-0.3, -0.25) is 4.79 Å². The van der Waals surface area contributed by atoms with Crippen molar-refractivity contribution < 1.29 is 9.53 Å². The van der Waals surface area contributed by atoms with Crippen molar-refractivity contribution in [3.05, 3.63) is 12.0 Å². The van der Waals surface area contributed by atoms with Gasteiger partial charge in [0.05, 0.1) is 13.4 Å². The Bertz CT molecular complexity index is 271. The first-order valence-corrected chi connectivity index (χ1v) is 3.59. The van der Waals surface area contributed by atoms with Gasteiger partial charge < -0.3 is 15.0 Å². The molecule has 5 nitrogen and oxygen atoms in total. The number of carbonyl (C=O) groups is 1. The molecule has 12 heavy (non-hydrogen) atoms. The summed E-state index contributed by atoms with van der Waals surface area (Å²) in [6.45, 7) is 2.54. The van der Waals surface area contributed by atoms with Crippen LogP contribution < -0.4 is 10.5 Å². The lowest BCUT2D eigenvalue weighted by molar-refractivity contribution is 0.0988. The summed E-state index contributed by atoms with van der Waals surface area (Å²) in [6, 6.07) is 0. The molecule has 0 spiro atoms. The molecule has 0 saturated carbocycles. The van der Waals surface area contributed by atoms with Crippen molar-refractivity contribution in [2.45, 2.75) is 13.5 Å². The van der Waals surface area contributed by atoms with Gasteiger partial charge in [0.1, 0.15) is 0 Å². The van der Waals surface area contributed by atoms with Crippen LogP contribution in [0.2, 0.25) is 0 Å². The Labute approximate surface area is 70.1 Å². The Balaban J connectivity index is 3.16. The molecule has 0 aliphatic heterocycles. The predicted molar refractivity (Wildman–Crippen MR) is 43.0 cm³/mol. The molecule has 1 aromatic rings. The van der Waals surface area contributed by atoms with Gasteiger partial charge in [-0.2, -0.15) is 0 Å². The van der Waals surface area contributed by atoms with E-state index in [4.69, 9.17) is 10.5 Å². The summed E-state index contributed by atoms with van der Waals surface area (Å²) in [5, 5.41) is 0. The third-order valence-electron chi connectivity index (χ3n) is 1.57. The highest BCUT2D eigenvalue weighted by atomic mass is 16.5. The van der Waals surface area contributed by atoms with Crippen LogP contribution in [0.5, 0.6) is 5.88 Å². The van der Waals surface area contributed by atoms with E-state index in [1.165, 1.54) is 13.4 Å². The molecule has 0 aliphatic carbocycles. The summed E-state index contributed by atoms with van der Waals surface area (Å²) in [5.74, 6) is -0.240. The van der Waals surface area contributed by atoms with Gasteiger partial charge in [0, 0.05) is 6.54 Å². The predicted octanol–water partition coefficient (Wildman–Crippen LogP) is 0.0105. The fourth-order valence-electron chi connectivity index (χ4n) is 1.000. The van der Waals surface area contributed by atoms with Gasteiger partial charge in [0.15, 0.2) is 5.69 Å². The maximum atomic E-state index is 10.9. The van der Waals surface area contributed by atoms with Crippen molar-refractivity contribution in [3.8, 4) is 5.88 Å². The number of nitrogens with zero attached hydrogens (tertiary/aromatic N) is 2. The summed E-state index contributed by atoms with van der Waals surface area (Å²) < 4.78 is 6.50. The van der Waals surface area contributed by atoms with E-state index in [2.05, 4.69) is 4.98 Å². The summed E-state index contributed by atoms with van der Waals surface area (Å²) in [6.07, 6.45) is 1.53. The van der Waals surface area contributed by atoms with Gasteiger partial charge in [-0.05, 0) is 6.92 Å². The molecule has 5 heteroatoms. The SMILES string of the molecule is CCn1cnc(OC)c1C(N)=O. The summed E-state index contributed by atoms with van der Waals surface area (Å²) >= 11 is 0. The van der Waals surface area contributed by atoms with Gasteiger partial charge in [0.2, 0.25) is 5.88 Å². The molecule has 0 unspecified atom stereocenters. The zero-order valence-corrected chi connectivity index (χ0v) is 7.07. The Morgan fingerprint density at radius 1 is 1.83 bits per heavy atom. The molecule has 1 rings (SSSR count). The van der Waals surface area contributed by atoms with E-state index in [0.29, 0.717) is 12.2 Å². The number of rotatable bonds is 3. The monoisotopic (exact) mass is 169 g/mol. The molecule has 66 valence electrons. The van der Waals surface area contributed by atoms with Crippen LogP contribution in [0.25, 0.3) is 0 Å². The van der Waals surface area contributed by atoms with Crippen molar-refractivity contribution >= 4 is 5.91 Å². The fraction of sp³-hybridized carbons (Fsp3) is 0.429. The minimum absolute atomic E-state index is 0.282. The fourth-order valence-corrected chi connectivity index (χ4v) is 1.000. The smallest absolute Gasteiger partial charge is 0.271 e. The van der Waals surface area contributed by atoms with E-state index < -0.39 is 5.91 Å². The molecular weight excluding hydrogens is 158 g/mol. The number of amides is 1. The molecule has 0 radical (unpaired) electrons. The lowest BCUT2D eigenvalue weighted by atomic mass is 10.4. The minimum atomic E-state index is -0.522. The standard InChI is InChI=1S/C7H11N3O2/c1-3-10-4-9-7(12-2)5(10)6(8)11/h4H,3H2,1-2H3,(H2,8,11). The molecule has 2 N–H and O–H groups in total. The molecule has 0 fully saturated rings. The number of carbonyl (C=O) groups excluding carboxylic acids is 1. The van der Waals surface area contributed by atoms with Crippen LogP contribution in [-0.4, -0.2) is 22.6 Å².